The zero-order valence-electron chi connectivity index (χ0n) is 23.1. The first-order valence-corrected chi connectivity index (χ1v) is 15.4. The number of nitrogens with zero attached hydrogens (tertiary/aromatic N) is 2. The third-order valence-corrected chi connectivity index (χ3v) is 7.85. The van der Waals surface area contributed by atoms with Gasteiger partial charge < -0.3 is 10.2 Å². The van der Waals surface area contributed by atoms with E-state index in [-0.39, 0.29) is 43.7 Å². The van der Waals surface area contributed by atoms with Gasteiger partial charge in [-0.25, -0.2) is 8.42 Å². The average Bonchev–Trinajstić information content (AvgIpc) is 2.80. The first-order chi connectivity index (χ1) is 17.7. The predicted octanol–water partition coefficient (Wildman–Crippen LogP) is 5.74. The minimum atomic E-state index is -3.56. The predicted molar refractivity (Wildman–Crippen MR) is 156 cm³/mol. The second-order valence-corrected chi connectivity index (χ2v) is 12.9. The summed E-state index contributed by atoms with van der Waals surface area (Å²) in [6, 6.07) is 9.96. The van der Waals surface area contributed by atoms with Gasteiger partial charge in [0.1, 0.15) is 6.04 Å². The highest BCUT2D eigenvalue weighted by atomic mass is 35.5. The van der Waals surface area contributed by atoms with E-state index in [1.165, 1.54) is 9.21 Å². The smallest absolute Gasteiger partial charge is 0.242 e. The summed E-state index contributed by atoms with van der Waals surface area (Å²) in [5.74, 6) is -0.220. The van der Waals surface area contributed by atoms with Crippen molar-refractivity contribution in [3.8, 4) is 0 Å². The molecule has 0 saturated carbocycles. The van der Waals surface area contributed by atoms with E-state index in [1.807, 2.05) is 52.8 Å². The second-order valence-electron chi connectivity index (χ2n) is 10.1. The quantitative estimate of drug-likeness (QED) is 0.326. The number of nitrogens with one attached hydrogen (secondary N) is 1. The van der Waals surface area contributed by atoms with Crippen LogP contribution in [-0.2, 0) is 26.2 Å². The molecule has 0 heterocycles. The number of hydrogen-bond donors (Lipinski definition) is 1. The molecule has 2 rings (SSSR count). The van der Waals surface area contributed by atoms with E-state index in [2.05, 4.69) is 5.32 Å². The number of carbonyl (C=O) groups is 2. The molecule has 10 heteroatoms. The second kappa shape index (κ2) is 14.2. The van der Waals surface area contributed by atoms with Crippen LogP contribution in [-0.4, -0.2) is 50.5 Å². The van der Waals surface area contributed by atoms with Crippen molar-refractivity contribution >= 4 is 50.7 Å². The minimum absolute atomic E-state index is 0.0655. The fourth-order valence-corrected chi connectivity index (χ4v) is 5.69. The number of anilines is 1. The maximum atomic E-state index is 13.6. The molecule has 0 unspecified atom stereocenters. The number of hydrogen-bond acceptors (Lipinski definition) is 4. The largest absolute Gasteiger partial charge is 0.354 e. The lowest BCUT2D eigenvalue weighted by Crippen LogP contribution is -2.49. The van der Waals surface area contributed by atoms with Crippen LogP contribution >= 0.6 is 23.2 Å². The Labute approximate surface area is 237 Å². The van der Waals surface area contributed by atoms with E-state index in [0.29, 0.717) is 34.3 Å². The van der Waals surface area contributed by atoms with Crippen molar-refractivity contribution in [2.24, 2.45) is 5.92 Å². The van der Waals surface area contributed by atoms with Crippen molar-refractivity contribution in [3.05, 3.63) is 63.1 Å². The topological polar surface area (TPSA) is 86.8 Å². The van der Waals surface area contributed by atoms with Gasteiger partial charge in [-0.2, -0.15) is 0 Å². The average molecular weight is 585 g/mol. The highest BCUT2D eigenvalue weighted by molar-refractivity contribution is 7.92. The number of sulfonamides is 1. The molecule has 2 aromatic carbocycles. The van der Waals surface area contributed by atoms with Gasteiger partial charge in [-0.3, -0.25) is 13.9 Å². The Morgan fingerprint density at radius 1 is 1.03 bits per heavy atom. The zero-order chi connectivity index (χ0) is 28.6. The summed E-state index contributed by atoms with van der Waals surface area (Å²) in [4.78, 5) is 28.2. The number of rotatable bonds is 13. The van der Waals surface area contributed by atoms with Gasteiger partial charge >= 0.3 is 0 Å². The fourth-order valence-electron chi connectivity index (χ4n) is 4.27. The molecule has 0 bridgehead atoms. The van der Waals surface area contributed by atoms with Crippen LogP contribution < -0.4 is 9.62 Å². The van der Waals surface area contributed by atoms with Crippen LogP contribution in [0.1, 0.15) is 56.7 Å². The molecule has 38 heavy (non-hydrogen) atoms. The molecular formula is C28H39Cl2N3O4S. The lowest BCUT2D eigenvalue weighted by atomic mass is 10.1. The van der Waals surface area contributed by atoms with Gasteiger partial charge in [-0.15, -0.1) is 0 Å². The van der Waals surface area contributed by atoms with Crippen LogP contribution in [0.3, 0.4) is 0 Å². The van der Waals surface area contributed by atoms with E-state index in [9.17, 15) is 18.0 Å². The minimum Gasteiger partial charge on any atom is -0.354 e. The van der Waals surface area contributed by atoms with E-state index >= 15 is 0 Å². The van der Waals surface area contributed by atoms with Crippen LogP contribution in [0.2, 0.25) is 10.0 Å². The molecular weight excluding hydrogens is 545 g/mol. The van der Waals surface area contributed by atoms with Crippen molar-refractivity contribution in [2.75, 3.05) is 23.7 Å². The SMILES string of the molecule is CC[C@H](C(=O)NCC(C)C)N(Cc1ccc(Cl)cc1Cl)C(=O)CCCN(c1cc(C)cc(C)c1)S(C)(=O)=O. The Morgan fingerprint density at radius 3 is 2.18 bits per heavy atom. The highest BCUT2D eigenvalue weighted by Crippen LogP contribution is 2.25. The van der Waals surface area contributed by atoms with Crippen molar-refractivity contribution in [3.63, 3.8) is 0 Å². The summed E-state index contributed by atoms with van der Waals surface area (Å²) in [6.07, 6.45) is 1.93. The number of carbonyl (C=O) groups excluding carboxylic acids is 2. The van der Waals surface area contributed by atoms with Crippen LogP contribution in [0.4, 0.5) is 5.69 Å². The van der Waals surface area contributed by atoms with E-state index < -0.39 is 16.1 Å². The Hall–Kier alpha value is -2.29. The lowest BCUT2D eigenvalue weighted by molar-refractivity contribution is -0.141. The van der Waals surface area contributed by atoms with Crippen molar-refractivity contribution < 1.29 is 18.0 Å². The van der Waals surface area contributed by atoms with Crippen molar-refractivity contribution in [2.45, 2.75) is 66.5 Å². The number of aryl methyl sites for hydroxylation is 2. The van der Waals surface area contributed by atoms with Crippen molar-refractivity contribution in [1.29, 1.82) is 0 Å². The van der Waals surface area contributed by atoms with Crippen LogP contribution in [0, 0.1) is 19.8 Å². The normalized spacial score (nSPS) is 12.3. The van der Waals surface area contributed by atoms with E-state index in [4.69, 9.17) is 23.2 Å². The number of halogens is 2. The van der Waals surface area contributed by atoms with E-state index in [1.54, 1.807) is 18.2 Å². The summed E-state index contributed by atoms with van der Waals surface area (Å²) in [5, 5.41) is 3.82. The Kier molecular flexibility index (Phi) is 11.9. The molecule has 2 aromatic rings. The molecule has 0 radical (unpaired) electrons. The van der Waals surface area contributed by atoms with Crippen LogP contribution in [0.5, 0.6) is 0 Å². The van der Waals surface area contributed by atoms with Gasteiger partial charge in [0.05, 0.1) is 11.9 Å². The summed E-state index contributed by atoms with van der Waals surface area (Å²) < 4.78 is 26.5. The summed E-state index contributed by atoms with van der Waals surface area (Å²) in [6.45, 7) is 10.5. The number of amides is 2. The molecule has 210 valence electrons. The fraction of sp³-hybridized carbons (Fsp3) is 0.500. The third-order valence-electron chi connectivity index (χ3n) is 6.07. The van der Waals surface area contributed by atoms with Gasteiger partial charge in [-0.1, -0.05) is 56.1 Å². The summed E-state index contributed by atoms with van der Waals surface area (Å²) >= 11 is 12.5. The molecule has 1 atom stereocenters. The van der Waals surface area contributed by atoms with Crippen molar-refractivity contribution in [1.82, 2.24) is 10.2 Å². The molecule has 0 aromatic heterocycles. The van der Waals surface area contributed by atoms with Gasteiger partial charge in [-0.05, 0) is 73.6 Å². The Morgan fingerprint density at radius 2 is 1.66 bits per heavy atom. The molecule has 1 N–H and O–H groups in total. The summed E-state index contributed by atoms with van der Waals surface area (Å²) in [5.41, 5.74) is 3.15. The highest BCUT2D eigenvalue weighted by Gasteiger charge is 2.29. The molecule has 0 spiro atoms. The number of benzene rings is 2. The molecule has 7 nitrogen and oxygen atoms in total. The molecule has 0 aliphatic carbocycles. The molecule has 0 aliphatic rings. The maximum absolute atomic E-state index is 13.6. The lowest BCUT2D eigenvalue weighted by Gasteiger charge is -2.31. The molecule has 0 fully saturated rings. The maximum Gasteiger partial charge on any atom is 0.242 e. The van der Waals surface area contributed by atoms with Gasteiger partial charge in [0, 0.05) is 36.1 Å². The standard InChI is InChI=1S/C28H39Cl2N3O4S/c1-7-26(28(35)31-17-19(2)3)32(18-22-10-11-23(29)16-25(22)30)27(34)9-8-12-33(38(6,36)37)24-14-20(4)13-21(5)15-24/h10-11,13-16,19,26H,7-9,12,17-18H2,1-6H3,(H,31,35)/t26-/m1/s1. The first kappa shape index (κ1) is 31.9. The zero-order valence-corrected chi connectivity index (χ0v) is 25.4. The monoisotopic (exact) mass is 583 g/mol. The first-order valence-electron chi connectivity index (χ1n) is 12.8. The van der Waals surface area contributed by atoms with Gasteiger partial charge in [0.15, 0.2) is 0 Å². The van der Waals surface area contributed by atoms with Crippen LogP contribution in [0.25, 0.3) is 0 Å². The molecule has 0 aliphatic heterocycles. The van der Waals surface area contributed by atoms with Gasteiger partial charge in [0.2, 0.25) is 21.8 Å². The van der Waals surface area contributed by atoms with E-state index in [0.717, 1.165) is 17.4 Å². The molecule has 0 saturated heterocycles. The molecule has 2 amide bonds. The van der Waals surface area contributed by atoms with Crippen LogP contribution in [0.15, 0.2) is 36.4 Å². The van der Waals surface area contributed by atoms with Gasteiger partial charge in [0.25, 0.3) is 0 Å². The Bertz CT molecular complexity index is 1210. The summed E-state index contributed by atoms with van der Waals surface area (Å²) in [7, 11) is -3.56. The Balaban J connectivity index is 2.27. The third kappa shape index (κ3) is 9.47.